The van der Waals surface area contributed by atoms with Gasteiger partial charge in [0, 0.05) is 23.7 Å². The van der Waals surface area contributed by atoms with Gasteiger partial charge in [0.2, 0.25) is 0 Å². The number of ether oxygens (including phenoxy) is 2. The molecule has 0 aliphatic heterocycles. The molecule has 1 aromatic heterocycles. The largest absolute Gasteiger partial charge is 0.469 e. The first kappa shape index (κ1) is 15.3. The van der Waals surface area contributed by atoms with E-state index in [4.69, 9.17) is 9.47 Å². The lowest BCUT2D eigenvalue weighted by molar-refractivity contribution is -0.139. The van der Waals surface area contributed by atoms with Crippen molar-refractivity contribution in [2.24, 2.45) is 0 Å². The zero-order valence-electron chi connectivity index (χ0n) is 12.9. The van der Waals surface area contributed by atoms with E-state index in [1.807, 2.05) is 50.3 Å². The van der Waals surface area contributed by atoms with Crippen LogP contribution in [0.4, 0.5) is 0 Å². The van der Waals surface area contributed by atoms with Crippen molar-refractivity contribution in [1.82, 2.24) is 4.98 Å². The van der Waals surface area contributed by atoms with Crippen LogP contribution in [0.15, 0.2) is 30.3 Å². The van der Waals surface area contributed by atoms with Gasteiger partial charge in [0.05, 0.1) is 19.1 Å². The Morgan fingerprint density at radius 2 is 2.00 bits per heavy atom. The molecule has 0 amide bonds. The molecule has 2 aromatic rings. The lowest BCUT2D eigenvalue weighted by Crippen LogP contribution is -2.18. The van der Waals surface area contributed by atoms with Crippen LogP contribution in [0.2, 0.25) is 0 Å². The van der Waals surface area contributed by atoms with Gasteiger partial charge in [-0.05, 0) is 31.6 Å². The lowest BCUT2D eigenvalue weighted by atomic mass is 10.0. The predicted molar refractivity (Wildman–Crippen MR) is 84.1 cm³/mol. The molecule has 0 fully saturated rings. The number of H-pyrrole nitrogens is 1. The number of para-hydroxylation sites is 1. The monoisotopic (exact) mass is 287 g/mol. The van der Waals surface area contributed by atoms with Gasteiger partial charge in [-0.2, -0.15) is 0 Å². The molecule has 2 rings (SSSR count). The number of aromatic nitrogens is 1. The number of aromatic amines is 1. The smallest absolute Gasteiger partial charge is 0.310 e. The van der Waals surface area contributed by atoms with Crippen LogP contribution in [0, 0.1) is 0 Å². The second-order valence-electron chi connectivity index (χ2n) is 5.46. The Bertz CT molecular complexity index is 668. The summed E-state index contributed by atoms with van der Waals surface area (Å²) in [7, 11) is 3.08. The van der Waals surface area contributed by atoms with Gasteiger partial charge in [0.15, 0.2) is 0 Å². The number of rotatable bonds is 5. The summed E-state index contributed by atoms with van der Waals surface area (Å²) in [6, 6.07) is 7.93. The topological polar surface area (TPSA) is 51.3 Å². The fourth-order valence-electron chi connectivity index (χ4n) is 2.12. The van der Waals surface area contributed by atoms with E-state index < -0.39 is 0 Å². The fraction of sp³-hybridized carbons (Fsp3) is 0.353. The van der Waals surface area contributed by atoms with Crippen molar-refractivity contribution in [3.05, 3.63) is 41.6 Å². The van der Waals surface area contributed by atoms with Crippen molar-refractivity contribution in [3.8, 4) is 0 Å². The molecule has 1 N–H and O–H groups in total. The Kier molecular flexibility index (Phi) is 4.48. The van der Waals surface area contributed by atoms with E-state index in [1.165, 1.54) is 7.11 Å². The highest BCUT2D eigenvalue weighted by Gasteiger charge is 2.15. The molecule has 0 radical (unpaired) electrons. The molecule has 0 bridgehead atoms. The highest BCUT2D eigenvalue weighted by molar-refractivity contribution is 5.91. The molecule has 4 heteroatoms. The summed E-state index contributed by atoms with van der Waals surface area (Å²) < 4.78 is 10.2. The van der Waals surface area contributed by atoms with Gasteiger partial charge >= 0.3 is 5.97 Å². The summed E-state index contributed by atoms with van der Waals surface area (Å²) >= 11 is 0. The van der Waals surface area contributed by atoms with E-state index in [1.54, 1.807) is 7.11 Å². The van der Waals surface area contributed by atoms with Gasteiger partial charge in [-0.1, -0.05) is 24.3 Å². The molecule has 0 unspecified atom stereocenters. The average Bonchev–Trinajstić information content (AvgIpc) is 2.83. The predicted octanol–water partition coefficient (Wildman–Crippen LogP) is 3.32. The van der Waals surface area contributed by atoms with Gasteiger partial charge < -0.3 is 14.5 Å². The number of methoxy groups -OCH3 is 2. The molecule has 1 heterocycles. The molecule has 21 heavy (non-hydrogen) atoms. The third-order valence-electron chi connectivity index (χ3n) is 3.57. The maximum absolute atomic E-state index is 11.6. The number of fused-ring (bicyclic) bond motifs is 1. The Morgan fingerprint density at radius 3 is 2.67 bits per heavy atom. The van der Waals surface area contributed by atoms with Gasteiger partial charge in [-0.15, -0.1) is 0 Å². The maximum Gasteiger partial charge on any atom is 0.310 e. The number of hydrogen-bond donors (Lipinski definition) is 1. The SMILES string of the molecule is COC(=O)Cc1c(/C=C/C(C)(C)OC)[nH]c2ccccc12. The number of hydrogen-bond acceptors (Lipinski definition) is 3. The van der Waals surface area contributed by atoms with Crippen LogP contribution >= 0.6 is 0 Å². The van der Waals surface area contributed by atoms with Gasteiger partial charge in [0.1, 0.15) is 0 Å². The van der Waals surface area contributed by atoms with Crippen LogP contribution in [0.25, 0.3) is 17.0 Å². The number of carbonyl (C=O) groups excluding carboxylic acids is 1. The maximum atomic E-state index is 11.6. The number of nitrogens with one attached hydrogen (secondary N) is 1. The zero-order valence-corrected chi connectivity index (χ0v) is 12.9. The minimum absolute atomic E-state index is 0.244. The van der Waals surface area contributed by atoms with Crippen LogP contribution < -0.4 is 0 Å². The summed E-state index contributed by atoms with van der Waals surface area (Å²) in [6.45, 7) is 3.96. The minimum Gasteiger partial charge on any atom is -0.469 e. The van der Waals surface area contributed by atoms with Crippen molar-refractivity contribution >= 4 is 22.9 Å². The first-order valence-corrected chi connectivity index (χ1v) is 6.87. The molecule has 0 saturated heterocycles. The van der Waals surface area contributed by atoms with E-state index in [2.05, 4.69) is 4.98 Å². The summed E-state index contributed by atoms with van der Waals surface area (Å²) in [6.07, 6.45) is 4.17. The third kappa shape index (κ3) is 3.52. The van der Waals surface area contributed by atoms with E-state index in [-0.39, 0.29) is 18.0 Å². The third-order valence-corrected chi connectivity index (χ3v) is 3.57. The molecular formula is C17H21NO3. The van der Waals surface area contributed by atoms with Crippen LogP contribution in [-0.4, -0.2) is 30.8 Å². The van der Waals surface area contributed by atoms with Crippen molar-refractivity contribution < 1.29 is 14.3 Å². The summed E-state index contributed by atoms with van der Waals surface area (Å²) in [5, 5.41) is 1.04. The Hall–Kier alpha value is -2.07. The van der Waals surface area contributed by atoms with E-state index >= 15 is 0 Å². The first-order valence-electron chi connectivity index (χ1n) is 6.87. The molecule has 0 aliphatic rings. The summed E-state index contributed by atoms with van der Waals surface area (Å²) in [5.41, 5.74) is 2.50. The molecule has 0 aliphatic carbocycles. The highest BCUT2D eigenvalue weighted by Crippen LogP contribution is 2.25. The summed E-state index contributed by atoms with van der Waals surface area (Å²) in [5.74, 6) is -0.250. The highest BCUT2D eigenvalue weighted by atomic mass is 16.5. The zero-order chi connectivity index (χ0) is 15.5. The Balaban J connectivity index is 2.46. The van der Waals surface area contributed by atoms with Crippen molar-refractivity contribution in [2.75, 3.05) is 14.2 Å². The quantitative estimate of drug-likeness (QED) is 0.858. The van der Waals surface area contributed by atoms with Crippen molar-refractivity contribution in [1.29, 1.82) is 0 Å². The van der Waals surface area contributed by atoms with E-state index in [0.717, 1.165) is 22.2 Å². The lowest BCUT2D eigenvalue weighted by Gasteiger charge is -2.17. The van der Waals surface area contributed by atoms with E-state index in [9.17, 15) is 4.79 Å². The molecular weight excluding hydrogens is 266 g/mol. The number of esters is 1. The van der Waals surface area contributed by atoms with Crippen molar-refractivity contribution in [3.63, 3.8) is 0 Å². The van der Waals surface area contributed by atoms with Gasteiger partial charge in [-0.3, -0.25) is 4.79 Å². The number of carbonyl (C=O) groups is 1. The van der Waals surface area contributed by atoms with Crippen LogP contribution in [0.1, 0.15) is 25.1 Å². The molecule has 112 valence electrons. The Labute approximate surface area is 124 Å². The molecule has 0 saturated carbocycles. The van der Waals surface area contributed by atoms with Crippen molar-refractivity contribution in [2.45, 2.75) is 25.9 Å². The van der Waals surface area contributed by atoms with E-state index in [0.29, 0.717) is 0 Å². The molecule has 0 spiro atoms. The minimum atomic E-state index is -0.361. The van der Waals surface area contributed by atoms with Crippen LogP contribution in [0.3, 0.4) is 0 Å². The molecule has 0 atom stereocenters. The van der Waals surface area contributed by atoms with Gasteiger partial charge in [-0.25, -0.2) is 0 Å². The van der Waals surface area contributed by atoms with Gasteiger partial charge in [0.25, 0.3) is 0 Å². The Morgan fingerprint density at radius 1 is 1.29 bits per heavy atom. The standard InChI is InChI=1S/C17H21NO3/c1-17(2,21-4)10-9-15-13(11-16(19)20-3)12-7-5-6-8-14(12)18-15/h5-10,18H,11H2,1-4H3/b10-9+. The average molecular weight is 287 g/mol. The second kappa shape index (κ2) is 6.14. The van der Waals surface area contributed by atoms with Crippen LogP contribution in [0.5, 0.6) is 0 Å². The number of benzene rings is 1. The summed E-state index contributed by atoms with van der Waals surface area (Å²) in [4.78, 5) is 15.0. The fourth-order valence-corrected chi connectivity index (χ4v) is 2.12. The molecule has 4 nitrogen and oxygen atoms in total. The van der Waals surface area contributed by atoms with Crippen LogP contribution in [-0.2, 0) is 20.7 Å². The first-order chi connectivity index (χ1) is 9.96. The second-order valence-corrected chi connectivity index (χ2v) is 5.46. The molecule has 1 aromatic carbocycles. The normalized spacial score (nSPS) is 12.2.